The maximum absolute atomic E-state index is 5.83. The van der Waals surface area contributed by atoms with Gasteiger partial charge in [-0.05, 0) is 49.7 Å². The lowest BCUT2D eigenvalue weighted by Crippen LogP contribution is -2.43. The molecule has 0 N–H and O–H groups in total. The normalized spacial score (nSPS) is 21.4. The van der Waals surface area contributed by atoms with Crippen molar-refractivity contribution >= 4 is 11.3 Å². The van der Waals surface area contributed by atoms with E-state index in [1.165, 1.54) is 30.0 Å². The quantitative estimate of drug-likeness (QED) is 0.628. The molecule has 4 heteroatoms. The van der Waals surface area contributed by atoms with Crippen LogP contribution in [0.4, 0.5) is 0 Å². The van der Waals surface area contributed by atoms with Gasteiger partial charge in [0.15, 0.2) is 0 Å². The van der Waals surface area contributed by atoms with Gasteiger partial charge in [0.2, 0.25) is 0 Å². The first-order chi connectivity index (χ1) is 12.8. The highest BCUT2D eigenvalue weighted by atomic mass is 32.1. The fraction of sp³-hybridized carbons (Fsp3) is 0.609. The van der Waals surface area contributed by atoms with Gasteiger partial charge in [0.25, 0.3) is 0 Å². The number of thiazole rings is 1. The van der Waals surface area contributed by atoms with Gasteiger partial charge in [0.05, 0.1) is 12.2 Å². The van der Waals surface area contributed by atoms with Gasteiger partial charge in [-0.1, -0.05) is 39.3 Å². The van der Waals surface area contributed by atoms with Crippen molar-refractivity contribution in [3.05, 3.63) is 34.8 Å². The SMILES string of the molecule is CCOc1ccc(C)cc1-c1ncc(CN2CC(C(C)(C)C)C[C@@H](C)C2)s1. The van der Waals surface area contributed by atoms with Gasteiger partial charge >= 0.3 is 0 Å². The lowest BCUT2D eigenvalue weighted by Gasteiger charge is -2.42. The fourth-order valence-corrected chi connectivity index (χ4v) is 5.01. The van der Waals surface area contributed by atoms with E-state index in [9.17, 15) is 0 Å². The molecule has 0 spiro atoms. The molecule has 3 rings (SSSR count). The molecule has 2 aromatic rings. The van der Waals surface area contributed by atoms with Crippen molar-refractivity contribution < 1.29 is 4.74 Å². The molecule has 1 fully saturated rings. The summed E-state index contributed by atoms with van der Waals surface area (Å²) < 4.78 is 5.83. The summed E-state index contributed by atoms with van der Waals surface area (Å²) in [7, 11) is 0. The van der Waals surface area contributed by atoms with Crippen LogP contribution < -0.4 is 4.74 Å². The number of hydrogen-bond acceptors (Lipinski definition) is 4. The van der Waals surface area contributed by atoms with E-state index in [0.717, 1.165) is 34.7 Å². The molecular formula is C23H34N2OS. The largest absolute Gasteiger partial charge is 0.493 e. The van der Waals surface area contributed by atoms with Crippen LogP contribution in [0, 0.1) is 24.2 Å². The van der Waals surface area contributed by atoms with Crippen molar-refractivity contribution in [2.24, 2.45) is 17.3 Å². The van der Waals surface area contributed by atoms with Crippen LogP contribution in [0.1, 0.15) is 51.5 Å². The van der Waals surface area contributed by atoms with Gasteiger partial charge in [-0.2, -0.15) is 0 Å². The predicted octanol–water partition coefficient (Wildman–Crippen LogP) is 6.02. The Balaban J connectivity index is 1.76. The van der Waals surface area contributed by atoms with Crippen molar-refractivity contribution in [1.29, 1.82) is 0 Å². The Morgan fingerprint density at radius 1 is 1.26 bits per heavy atom. The number of aryl methyl sites for hydroxylation is 1. The molecule has 27 heavy (non-hydrogen) atoms. The van der Waals surface area contributed by atoms with E-state index >= 15 is 0 Å². The molecule has 3 nitrogen and oxygen atoms in total. The summed E-state index contributed by atoms with van der Waals surface area (Å²) >= 11 is 1.81. The summed E-state index contributed by atoms with van der Waals surface area (Å²) in [6.45, 7) is 17.7. The Bertz CT molecular complexity index is 762. The molecule has 148 valence electrons. The minimum absolute atomic E-state index is 0.375. The summed E-state index contributed by atoms with van der Waals surface area (Å²) in [5.74, 6) is 2.45. The molecule has 0 bridgehead atoms. The van der Waals surface area contributed by atoms with Crippen molar-refractivity contribution in [2.75, 3.05) is 19.7 Å². The Labute approximate surface area is 168 Å². The second kappa shape index (κ2) is 8.32. The average molecular weight is 387 g/mol. The molecule has 1 saturated heterocycles. The lowest BCUT2D eigenvalue weighted by molar-refractivity contribution is 0.0641. The molecule has 0 aliphatic carbocycles. The minimum atomic E-state index is 0.375. The second-order valence-corrected chi connectivity index (χ2v) is 10.3. The first-order valence-corrected chi connectivity index (χ1v) is 11.0. The zero-order chi connectivity index (χ0) is 19.6. The van der Waals surface area contributed by atoms with Gasteiger partial charge in [-0.15, -0.1) is 11.3 Å². The molecule has 2 atom stereocenters. The molecule has 1 unspecified atom stereocenters. The molecule has 0 radical (unpaired) electrons. The highest BCUT2D eigenvalue weighted by molar-refractivity contribution is 7.15. The summed E-state index contributed by atoms with van der Waals surface area (Å²) in [6.07, 6.45) is 3.40. The second-order valence-electron chi connectivity index (χ2n) is 9.16. The maximum atomic E-state index is 5.83. The zero-order valence-electron chi connectivity index (χ0n) is 17.7. The molecule has 1 aromatic carbocycles. The molecular weight excluding hydrogens is 352 g/mol. The van der Waals surface area contributed by atoms with E-state index < -0.39 is 0 Å². The number of ether oxygens (including phenoxy) is 1. The summed E-state index contributed by atoms with van der Waals surface area (Å²) in [6, 6.07) is 6.35. The smallest absolute Gasteiger partial charge is 0.129 e. The minimum Gasteiger partial charge on any atom is -0.493 e. The van der Waals surface area contributed by atoms with E-state index in [1.807, 2.05) is 6.92 Å². The average Bonchev–Trinajstić information content (AvgIpc) is 3.03. The van der Waals surface area contributed by atoms with E-state index in [4.69, 9.17) is 9.72 Å². The van der Waals surface area contributed by atoms with Crippen LogP contribution in [0.3, 0.4) is 0 Å². The van der Waals surface area contributed by atoms with Gasteiger partial charge in [-0.3, -0.25) is 4.90 Å². The number of rotatable bonds is 5. The molecule has 1 aliphatic rings. The van der Waals surface area contributed by atoms with Gasteiger partial charge < -0.3 is 4.74 Å². The number of piperidine rings is 1. The van der Waals surface area contributed by atoms with E-state index in [-0.39, 0.29) is 0 Å². The first kappa shape index (κ1) is 20.3. The molecule has 0 saturated carbocycles. The number of hydrogen-bond donors (Lipinski definition) is 0. The first-order valence-electron chi connectivity index (χ1n) is 10.2. The Hall–Kier alpha value is -1.39. The van der Waals surface area contributed by atoms with Gasteiger partial charge in [0.1, 0.15) is 10.8 Å². The van der Waals surface area contributed by atoms with E-state index in [0.29, 0.717) is 12.0 Å². The molecule has 0 amide bonds. The monoisotopic (exact) mass is 386 g/mol. The van der Waals surface area contributed by atoms with Crippen LogP contribution in [0.25, 0.3) is 10.6 Å². The standard InChI is InChI=1S/C23H34N2OS/c1-7-26-21-9-8-16(2)11-20(21)22-24-12-19(27-22)15-25-13-17(3)10-18(14-25)23(4,5)6/h8-9,11-12,17-18H,7,10,13-15H2,1-6H3/t17-,18?/m1/s1. The number of benzene rings is 1. The van der Waals surface area contributed by atoms with E-state index in [1.54, 1.807) is 11.3 Å². The van der Waals surface area contributed by atoms with Crippen LogP contribution in [-0.2, 0) is 6.54 Å². The molecule has 1 aromatic heterocycles. The number of nitrogens with zero attached hydrogens (tertiary/aromatic N) is 2. The third-order valence-electron chi connectivity index (χ3n) is 5.56. The van der Waals surface area contributed by atoms with E-state index in [2.05, 4.69) is 63.9 Å². The van der Waals surface area contributed by atoms with Gasteiger partial charge in [0, 0.05) is 30.7 Å². The zero-order valence-corrected chi connectivity index (χ0v) is 18.5. The summed E-state index contributed by atoms with van der Waals surface area (Å²) in [5, 5.41) is 1.06. The number of likely N-dealkylation sites (tertiary alicyclic amines) is 1. The van der Waals surface area contributed by atoms with Crippen LogP contribution in [-0.4, -0.2) is 29.6 Å². The summed E-state index contributed by atoms with van der Waals surface area (Å²) in [5.41, 5.74) is 2.73. The van der Waals surface area contributed by atoms with Crippen LogP contribution in [0.15, 0.2) is 24.4 Å². The topological polar surface area (TPSA) is 25.4 Å². The third-order valence-corrected chi connectivity index (χ3v) is 6.57. The van der Waals surface area contributed by atoms with Gasteiger partial charge in [-0.25, -0.2) is 4.98 Å². The van der Waals surface area contributed by atoms with Crippen molar-refractivity contribution in [3.63, 3.8) is 0 Å². The highest BCUT2D eigenvalue weighted by Crippen LogP contribution is 2.37. The summed E-state index contributed by atoms with van der Waals surface area (Å²) in [4.78, 5) is 8.70. The third kappa shape index (κ3) is 5.11. The predicted molar refractivity (Wildman–Crippen MR) is 115 cm³/mol. The Kier molecular flexibility index (Phi) is 6.27. The van der Waals surface area contributed by atoms with Crippen LogP contribution >= 0.6 is 11.3 Å². The number of aromatic nitrogens is 1. The van der Waals surface area contributed by atoms with Crippen LogP contribution in [0.5, 0.6) is 5.75 Å². The molecule has 1 aliphatic heterocycles. The van der Waals surface area contributed by atoms with Crippen molar-refractivity contribution in [2.45, 2.75) is 54.5 Å². The Morgan fingerprint density at radius 3 is 2.74 bits per heavy atom. The maximum Gasteiger partial charge on any atom is 0.129 e. The fourth-order valence-electron chi connectivity index (χ4n) is 4.04. The Morgan fingerprint density at radius 2 is 2.04 bits per heavy atom. The van der Waals surface area contributed by atoms with Crippen molar-refractivity contribution in [1.82, 2.24) is 9.88 Å². The highest BCUT2D eigenvalue weighted by Gasteiger charge is 2.32. The van der Waals surface area contributed by atoms with Crippen LogP contribution in [0.2, 0.25) is 0 Å². The molecule has 2 heterocycles. The van der Waals surface area contributed by atoms with Crippen molar-refractivity contribution in [3.8, 4) is 16.3 Å². The lowest BCUT2D eigenvalue weighted by atomic mass is 9.74.